The largest absolute Gasteiger partial charge is 0.383 e. The van der Waals surface area contributed by atoms with Crippen LogP contribution in [0.15, 0.2) is 12.4 Å². The molecule has 1 aliphatic rings. The Morgan fingerprint density at radius 1 is 1.39 bits per heavy atom. The van der Waals surface area contributed by atoms with Crippen molar-refractivity contribution in [1.82, 2.24) is 20.4 Å². The molecule has 8 nitrogen and oxygen atoms in total. The lowest BCUT2D eigenvalue weighted by molar-refractivity contribution is -0.122. The average molecular weight is 346 g/mol. The van der Waals surface area contributed by atoms with Gasteiger partial charge in [-0.25, -0.2) is 0 Å². The molecule has 0 unspecified atom stereocenters. The number of hydrogen-bond donors (Lipinski definition) is 3. The van der Waals surface area contributed by atoms with Gasteiger partial charge >= 0.3 is 0 Å². The number of methoxy groups -OCH3 is 1. The Labute approximate surface area is 141 Å². The predicted octanol–water partition coefficient (Wildman–Crippen LogP) is 0.00560. The second-order valence-electron chi connectivity index (χ2n) is 5.39. The second-order valence-corrected chi connectivity index (χ2v) is 5.39. The van der Waals surface area contributed by atoms with Crippen molar-refractivity contribution in [1.29, 1.82) is 0 Å². The van der Waals surface area contributed by atoms with Gasteiger partial charge < -0.3 is 20.7 Å². The van der Waals surface area contributed by atoms with Crippen molar-refractivity contribution in [3.8, 4) is 0 Å². The van der Waals surface area contributed by atoms with Gasteiger partial charge in [-0.2, -0.15) is 5.10 Å². The Hall–Kier alpha value is -1.64. The minimum atomic E-state index is -0.149. The molecule has 2 rings (SSSR count). The molecule has 130 valence electrons. The van der Waals surface area contributed by atoms with E-state index in [9.17, 15) is 9.59 Å². The van der Waals surface area contributed by atoms with Crippen molar-refractivity contribution in [3.05, 3.63) is 12.4 Å². The van der Waals surface area contributed by atoms with Gasteiger partial charge in [0.05, 0.1) is 25.0 Å². The molecule has 9 heteroatoms. The van der Waals surface area contributed by atoms with Gasteiger partial charge in [0.25, 0.3) is 0 Å². The molecule has 2 amide bonds. The highest BCUT2D eigenvalue weighted by Crippen LogP contribution is 2.27. The molecule has 1 heterocycles. The Morgan fingerprint density at radius 3 is 2.87 bits per heavy atom. The summed E-state index contributed by atoms with van der Waals surface area (Å²) in [7, 11) is 1.58. The quantitative estimate of drug-likeness (QED) is 0.519. The summed E-state index contributed by atoms with van der Waals surface area (Å²) in [5.41, 5.74) is 0.586. The summed E-state index contributed by atoms with van der Waals surface area (Å²) in [6.07, 6.45) is 5.68. The molecule has 0 aliphatic heterocycles. The number of hydrogen-bond acceptors (Lipinski definition) is 5. The van der Waals surface area contributed by atoms with E-state index in [4.69, 9.17) is 4.74 Å². The highest BCUT2D eigenvalue weighted by atomic mass is 35.5. The lowest BCUT2D eigenvalue weighted by Crippen LogP contribution is -2.30. The minimum Gasteiger partial charge on any atom is -0.383 e. The molecule has 23 heavy (non-hydrogen) atoms. The number of halogens is 1. The molecular formula is C14H24ClN5O3. The van der Waals surface area contributed by atoms with Gasteiger partial charge in [-0.3, -0.25) is 14.3 Å². The van der Waals surface area contributed by atoms with Crippen LogP contribution in [0, 0.1) is 5.92 Å². The summed E-state index contributed by atoms with van der Waals surface area (Å²) >= 11 is 0. The van der Waals surface area contributed by atoms with Gasteiger partial charge in [-0.15, -0.1) is 12.4 Å². The van der Waals surface area contributed by atoms with E-state index in [1.54, 1.807) is 13.3 Å². The zero-order valence-electron chi connectivity index (χ0n) is 13.2. The first-order valence-electron chi connectivity index (χ1n) is 7.46. The molecule has 1 saturated carbocycles. The molecule has 1 aromatic rings. The number of carbonyl (C=O) groups excluding carboxylic acids is 2. The first kappa shape index (κ1) is 19.4. The van der Waals surface area contributed by atoms with Crippen LogP contribution in [0.25, 0.3) is 0 Å². The summed E-state index contributed by atoms with van der Waals surface area (Å²) in [6.45, 7) is 2.24. The Bertz CT molecular complexity index is 504. The van der Waals surface area contributed by atoms with Crippen molar-refractivity contribution in [2.24, 2.45) is 5.92 Å². The van der Waals surface area contributed by atoms with Gasteiger partial charge in [0, 0.05) is 19.9 Å². The Balaban J connectivity index is 0.00000264. The van der Waals surface area contributed by atoms with Gasteiger partial charge in [0.2, 0.25) is 11.8 Å². The SMILES string of the molecule is COCCNC(=O)Cn1cc(NC(=O)CNCC2CC2)cn1.Cl. The summed E-state index contributed by atoms with van der Waals surface area (Å²) < 4.78 is 6.33. The van der Waals surface area contributed by atoms with Crippen molar-refractivity contribution < 1.29 is 14.3 Å². The Morgan fingerprint density at radius 2 is 2.17 bits per heavy atom. The van der Waals surface area contributed by atoms with E-state index < -0.39 is 0 Å². The summed E-state index contributed by atoms with van der Waals surface area (Å²) in [6, 6.07) is 0. The molecular weight excluding hydrogens is 322 g/mol. The molecule has 1 aromatic heterocycles. The monoisotopic (exact) mass is 345 g/mol. The maximum atomic E-state index is 11.7. The molecule has 0 aromatic carbocycles. The van der Waals surface area contributed by atoms with Crippen LogP contribution in [-0.2, 0) is 20.9 Å². The van der Waals surface area contributed by atoms with Crippen molar-refractivity contribution in [2.45, 2.75) is 19.4 Å². The lowest BCUT2D eigenvalue weighted by Gasteiger charge is -2.05. The van der Waals surface area contributed by atoms with Gasteiger partial charge in [-0.1, -0.05) is 0 Å². The number of nitrogens with one attached hydrogen (secondary N) is 3. The topological polar surface area (TPSA) is 97.3 Å². The zero-order valence-corrected chi connectivity index (χ0v) is 14.0. The summed E-state index contributed by atoms with van der Waals surface area (Å²) in [5.74, 6) is 0.487. The summed E-state index contributed by atoms with van der Waals surface area (Å²) in [4.78, 5) is 23.3. The van der Waals surface area contributed by atoms with Crippen LogP contribution in [0.1, 0.15) is 12.8 Å². The first-order chi connectivity index (χ1) is 10.7. The van der Waals surface area contributed by atoms with Crippen LogP contribution in [0.4, 0.5) is 5.69 Å². The predicted molar refractivity (Wildman–Crippen MR) is 88.6 cm³/mol. The maximum absolute atomic E-state index is 11.7. The van der Waals surface area contributed by atoms with E-state index in [0.717, 1.165) is 12.5 Å². The Kier molecular flexibility index (Phi) is 8.60. The molecule has 0 radical (unpaired) electrons. The molecule has 1 aliphatic carbocycles. The van der Waals surface area contributed by atoms with Crippen molar-refractivity contribution >= 4 is 29.9 Å². The first-order valence-corrected chi connectivity index (χ1v) is 7.46. The lowest BCUT2D eigenvalue weighted by atomic mass is 10.4. The number of rotatable bonds is 10. The fraction of sp³-hybridized carbons (Fsp3) is 0.643. The van der Waals surface area contributed by atoms with E-state index in [1.807, 2.05) is 0 Å². The van der Waals surface area contributed by atoms with Crippen LogP contribution in [0.2, 0.25) is 0 Å². The third kappa shape index (κ3) is 7.96. The van der Waals surface area contributed by atoms with E-state index in [-0.39, 0.29) is 30.8 Å². The van der Waals surface area contributed by atoms with Crippen LogP contribution >= 0.6 is 12.4 Å². The molecule has 0 spiro atoms. The normalized spacial score (nSPS) is 13.3. The van der Waals surface area contributed by atoms with E-state index in [2.05, 4.69) is 21.0 Å². The molecule has 0 atom stereocenters. The highest BCUT2D eigenvalue weighted by Gasteiger charge is 2.20. The minimum absolute atomic E-state index is 0. The number of amides is 2. The number of carbonyl (C=O) groups is 2. The van der Waals surface area contributed by atoms with Crippen molar-refractivity contribution in [3.63, 3.8) is 0 Å². The number of nitrogens with zero attached hydrogens (tertiary/aromatic N) is 2. The average Bonchev–Trinajstić information content (AvgIpc) is 3.20. The van der Waals surface area contributed by atoms with E-state index >= 15 is 0 Å². The maximum Gasteiger partial charge on any atom is 0.241 e. The number of aromatic nitrogens is 2. The van der Waals surface area contributed by atoms with Gasteiger partial charge in [-0.05, 0) is 25.3 Å². The number of anilines is 1. The van der Waals surface area contributed by atoms with Gasteiger partial charge in [0.15, 0.2) is 0 Å². The van der Waals surface area contributed by atoms with E-state index in [0.29, 0.717) is 25.4 Å². The van der Waals surface area contributed by atoms with Crippen LogP contribution in [0.5, 0.6) is 0 Å². The smallest absolute Gasteiger partial charge is 0.241 e. The zero-order chi connectivity index (χ0) is 15.8. The fourth-order valence-electron chi connectivity index (χ4n) is 1.93. The van der Waals surface area contributed by atoms with E-state index in [1.165, 1.54) is 23.7 Å². The summed E-state index contributed by atoms with van der Waals surface area (Å²) in [5, 5.41) is 12.6. The standard InChI is InChI=1S/C14H23N5O3.ClH/c1-22-5-4-16-14(21)10-19-9-12(7-17-19)18-13(20)8-15-6-11-2-3-11;/h7,9,11,15H,2-6,8,10H2,1H3,(H,16,21)(H,18,20);1H. The second kappa shape index (κ2) is 10.2. The fourth-order valence-corrected chi connectivity index (χ4v) is 1.93. The molecule has 0 saturated heterocycles. The van der Waals surface area contributed by atoms with Crippen molar-refractivity contribution in [2.75, 3.05) is 38.7 Å². The van der Waals surface area contributed by atoms with Crippen LogP contribution in [-0.4, -0.2) is 54.9 Å². The van der Waals surface area contributed by atoms with Crippen LogP contribution < -0.4 is 16.0 Å². The molecule has 1 fully saturated rings. The van der Waals surface area contributed by atoms with Gasteiger partial charge in [0.1, 0.15) is 6.54 Å². The molecule has 0 bridgehead atoms. The highest BCUT2D eigenvalue weighted by molar-refractivity contribution is 5.92. The molecule has 3 N–H and O–H groups in total. The van der Waals surface area contributed by atoms with Crippen LogP contribution in [0.3, 0.4) is 0 Å². The third-order valence-corrected chi connectivity index (χ3v) is 3.27. The number of ether oxygens (including phenoxy) is 1. The third-order valence-electron chi connectivity index (χ3n) is 3.27.